The summed E-state index contributed by atoms with van der Waals surface area (Å²) in [6.07, 6.45) is 3.42. The molecule has 1 atom stereocenters. The number of H-pyrrole nitrogens is 1. The Morgan fingerprint density at radius 1 is 1.50 bits per heavy atom. The molecule has 6 nitrogen and oxygen atoms in total. The van der Waals surface area contributed by atoms with Gasteiger partial charge in [-0.05, 0) is 26.0 Å². The first-order valence-corrected chi connectivity index (χ1v) is 6.69. The lowest BCUT2D eigenvalue weighted by molar-refractivity contribution is 0.0940. The number of carbonyl (C=O) groups is 1. The molecular formula is C13H16ClN5O. The van der Waals surface area contributed by atoms with Crippen molar-refractivity contribution in [2.75, 3.05) is 11.9 Å². The summed E-state index contributed by atoms with van der Waals surface area (Å²) in [5.74, 6) is 0.378. The van der Waals surface area contributed by atoms with Crippen LogP contribution in [0, 0.1) is 0 Å². The molecule has 2 heterocycles. The molecule has 0 saturated heterocycles. The highest BCUT2D eigenvalue weighted by molar-refractivity contribution is 6.29. The van der Waals surface area contributed by atoms with E-state index >= 15 is 0 Å². The molecule has 2 rings (SSSR count). The van der Waals surface area contributed by atoms with E-state index in [9.17, 15) is 4.79 Å². The molecule has 2 aromatic rings. The molecule has 2 aromatic heterocycles. The van der Waals surface area contributed by atoms with Crippen molar-refractivity contribution >= 4 is 23.3 Å². The second-order valence-corrected chi connectivity index (χ2v) is 4.71. The topological polar surface area (TPSA) is 82.7 Å². The Balaban J connectivity index is 2.12. The summed E-state index contributed by atoms with van der Waals surface area (Å²) in [4.78, 5) is 16.3. The first-order chi connectivity index (χ1) is 9.60. The van der Waals surface area contributed by atoms with Crippen LogP contribution in [-0.4, -0.2) is 27.6 Å². The second-order valence-electron chi connectivity index (χ2n) is 4.32. The Hall–Kier alpha value is -2.08. The standard InChI is InChI=1S/C13H16ClN5O/c1-3-15-12-5-9(4-11(14)19-12)13(20)18-8(2)10-6-16-17-7-10/h4-8H,3H2,1-2H3,(H,15,19)(H,16,17)(H,18,20). The van der Waals surface area contributed by atoms with Crippen molar-refractivity contribution in [3.8, 4) is 0 Å². The first-order valence-electron chi connectivity index (χ1n) is 6.31. The average Bonchev–Trinajstić information content (AvgIpc) is 2.92. The molecule has 0 saturated carbocycles. The van der Waals surface area contributed by atoms with Crippen molar-refractivity contribution in [1.29, 1.82) is 0 Å². The molecule has 3 N–H and O–H groups in total. The third kappa shape index (κ3) is 3.48. The van der Waals surface area contributed by atoms with Gasteiger partial charge in [0, 0.05) is 23.9 Å². The van der Waals surface area contributed by atoms with Gasteiger partial charge in [0.25, 0.3) is 5.91 Å². The molecule has 0 aliphatic carbocycles. The van der Waals surface area contributed by atoms with Crippen LogP contribution >= 0.6 is 11.6 Å². The van der Waals surface area contributed by atoms with Crippen molar-refractivity contribution in [3.63, 3.8) is 0 Å². The lowest BCUT2D eigenvalue weighted by Crippen LogP contribution is -2.26. The van der Waals surface area contributed by atoms with E-state index in [0.717, 1.165) is 5.56 Å². The van der Waals surface area contributed by atoms with E-state index in [2.05, 4.69) is 25.8 Å². The van der Waals surface area contributed by atoms with Crippen LogP contribution in [0.4, 0.5) is 5.82 Å². The maximum atomic E-state index is 12.2. The van der Waals surface area contributed by atoms with Gasteiger partial charge in [-0.1, -0.05) is 11.6 Å². The van der Waals surface area contributed by atoms with Crippen LogP contribution in [0.1, 0.15) is 35.8 Å². The number of amides is 1. The first kappa shape index (κ1) is 14.3. The molecule has 20 heavy (non-hydrogen) atoms. The predicted molar refractivity (Wildman–Crippen MR) is 77.9 cm³/mol. The Kier molecular flexibility index (Phi) is 4.57. The van der Waals surface area contributed by atoms with Gasteiger partial charge in [-0.2, -0.15) is 5.10 Å². The number of nitrogens with one attached hydrogen (secondary N) is 3. The lowest BCUT2D eigenvalue weighted by atomic mass is 10.1. The summed E-state index contributed by atoms with van der Waals surface area (Å²) in [5, 5.41) is 12.8. The van der Waals surface area contributed by atoms with E-state index in [1.807, 2.05) is 13.8 Å². The molecule has 1 amide bonds. The van der Waals surface area contributed by atoms with Crippen LogP contribution < -0.4 is 10.6 Å². The van der Waals surface area contributed by atoms with Crippen molar-refractivity contribution in [2.24, 2.45) is 0 Å². The molecule has 0 radical (unpaired) electrons. The summed E-state index contributed by atoms with van der Waals surface area (Å²) in [6, 6.07) is 3.07. The number of hydrogen-bond acceptors (Lipinski definition) is 4. The zero-order chi connectivity index (χ0) is 14.5. The number of anilines is 1. The lowest BCUT2D eigenvalue weighted by Gasteiger charge is -2.13. The van der Waals surface area contributed by atoms with E-state index in [1.165, 1.54) is 0 Å². The summed E-state index contributed by atoms with van der Waals surface area (Å²) in [5.41, 5.74) is 1.38. The largest absolute Gasteiger partial charge is 0.370 e. The van der Waals surface area contributed by atoms with Crippen molar-refractivity contribution < 1.29 is 4.79 Å². The van der Waals surface area contributed by atoms with Gasteiger partial charge in [0.05, 0.1) is 12.2 Å². The highest BCUT2D eigenvalue weighted by atomic mass is 35.5. The van der Waals surface area contributed by atoms with E-state index in [4.69, 9.17) is 11.6 Å². The molecule has 7 heteroatoms. The molecule has 0 aliphatic rings. The second kappa shape index (κ2) is 6.38. The van der Waals surface area contributed by atoms with E-state index in [1.54, 1.807) is 24.5 Å². The summed E-state index contributed by atoms with van der Waals surface area (Å²) < 4.78 is 0. The zero-order valence-corrected chi connectivity index (χ0v) is 12.0. The SMILES string of the molecule is CCNc1cc(C(=O)NC(C)c2cn[nH]c2)cc(Cl)n1. The number of halogens is 1. The summed E-state index contributed by atoms with van der Waals surface area (Å²) >= 11 is 5.92. The molecule has 1 unspecified atom stereocenters. The fourth-order valence-electron chi connectivity index (χ4n) is 1.76. The number of hydrogen-bond donors (Lipinski definition) is 3. The van der Waals surface area contributed by atoms with Crippen LogP contribution in [-0.2, 0) is 0 Å². The maximum absolute atomic E-state index is 12.2. The van der Waals surface area contributed by atoms with Gasteiger partial charge in [0.2, 0.25) is 0 Å². The van der Waals surface area contributed by atoms with Gasteiger partial charge >= 0.3 is 0 Å². The van der Waals surface area contributed by atoms with Crippen LogP contribution in [0.25, 0.3) is 0 Å². The number of aromatic amines is 1. The number of carbonyl (C=O) groups excluding carboxylic acids is 1. The van der Waals surface area contributed by atoms with Crippen molar-refractivity contribution in [3.05, 3.63) is 40.8 Å². The zero-order valence-electron chi connectivity index (χ0n) is 11.3. The molecule has 0 spiro atoms. The summed E-state index contributed by atoms with van der Waals surface area (Å²) in [7, 11) is 0. The third-order valence-electron chi connectivity index (χ3n) is 2.78. The minimum Gasteiger partial charge on any atom is -0.370 e. The smallest absolute Gasteiger partial charge is 0.251 e. The molecule has 106 valence electrons. The van der Waals surface area contributed by atoms with Crippen molar-refractivity contribution in [2.45, 2.75) is 19.9 Å². The number of pyridine rings is 1. The predicted octanol–water partition coefficient (Wildman–Crippen LogP) is 2.38. The molecule has 0 aromatic carbocycles. The third-order valence-corrected chi connectivity index (χ3v) is 2.97. The van der Waals surface area contributed by atoms with Crippen molar-refractivity contribution in [1.82, 2.24) is 20.5 Å². The van der Waals surface area contributed by atoms with Gasteiger partial charge in [-0.3, -0.25) is 9.89 Å². The Bertz CT molecular complexity index is 584. The summed E-state index contributed by atoms with van der Waals surface area (Å²) in [6.45, 7) is 4.54. The molecule has 0 bridgehead atoms. The van der Waals surface area contributed by atoms with Gasteiger partial charge in [-0.15, -0.1) is 0 Å². The minimum atomic E-state index is -0.206. The Morgan fingerprint density at radius 2 is 2.30 bits per heavy atom. The fraction of sp³-hybridized carbons (Fsp3) is 0.308. The van der Waals surface area contributed by atoms with Gasteiger partial charge < -0.3 is 10.6 Å². The molecule has 0 aliphatic heterocycles. The Morgan fingerprint density at radius 3 is 2.95 bits per heavy atom. The number of aromatic nitrogens is 3. The van der Waals surface area contributed by atoms with Gasteiger partial charge in [0.1, 0.15) is 11.0 Å². The quantitative estimate of drug-likeness (QED) is 0.739. The highest BCUT2D eigenvalue weighted by Crippen LogP contribution is 2.16. The fourth-order valence-corrected chi connectivity index (χ4v) is 1.97. The Labute approximate surface area is 121 Å². The molecule has 0 fully saturated rings. The van der Waals surface area contributed by atoms with E-state index < -0.39 is 0 Å². The minimum absolute atomic E-state index is 0.143. The van der Waals surface area contributed by atoms with Gasteiger partial charge in [-0.25, -0.2) is 4.98 Å². The van der Waals surface area contributed by atoms with E-state index in [0.29, 0.717) is 17.9 Å². The number of nitrogens with zero attached hydrogens (tertiary/aromatic N) is 2. The maximum Gasteiger partial charge on any atom is 0.251 e. The monoisotopic (exact) mass is 293 g/mol. The molecular weight excluding hydrogens is 278 g/mol. The normalized spacial score (nSPS) is 11.9. The van der Waals surface area contributed by atoms with Crippen LogP contribution in [0.5, 0.6) is 0 Å². The number of rotatable bonds is 5. The van der Waals surface area contributed by atoms with E-state index in [-0.39, 0.29) is 17.1 Å². The van der Waals surface area contributed by atoms with Crippen LogP contribution in [0.15, 0.2) is 24.5 Å². The van der Waals surface area contributed by atoms with Gasteiger partial charge in [0.15, 0.2) is 0 Å². The van der Waals surface area contributed by atoms with Crippen LogP contribution in [0.3, 0.4) is 0 Å². The highest BCUT2D eigenvalue weighted by Gasteiger charge is 2.14. The average molecular weight is 294 g/mol. The van der Waals surface area contributed by atoms with Crippen LogP contribution in [0.2, 0.25) is 5.15 Å².